The van der Waals surface area contributed by atoms with Gasteiger partial charge in [-0.3, -0.25) is 14.4 Å². The summed E-state index contributed by atoms with van der Waals surface area (Å²) in [4.78, 5) is 35.8. The Bertz CT molecular complexity index is 947. The molecule has 34 heavy (non-hydrogen) atoms. The number of alkyl halides is 3. The lowest BCUT2D eigenvalue weighted by atomic mass is 9.46. The number of ketones is 2. The number of esters is 1. The SMILES string of the molecule is CCCCC(=O)OCC(=O)C1C(C)CC2C3CC(F)C4=CC(=O)C=CC4(C)C3(Cl)C(F)CC21C. The topological polar surface area (TPSA) is 60.4 Å². The highest BCUT2D eigenvalue weighted by Crippen LogP contribution is 2.71. The van der Waals surface area contributed by atoms with Crippen LogP contribution in [0.4, 0.5) is 8.78 Å². The standard InChI is InChI=1S/C27H35ClF2O4/c1-5-6-7-23(33)34-14-21(32)24-15(2)10-17-18-12-20(29)19-11-16(31)8-9-26(19,4)27(18,28)22(30)13-25(17,24)3/h8-9,11,15,17-18,20,22,24H,5-7,10,12-14H2,1-4H3. The van der Waals surface area contributed by atoms with E-state index in [-0.39, 0.29) is 54.8 Å². The molecule has 0 saturated heterocycles. The fraction of sp³-hybridized carbons (Fsp3) is 0.741. The van der Waals surface area contributed by atoms with Gasteiger partial charge in [0.25, 0.3) is 0 Å². The minimum Gasteiger partial charge on any atom is -0.458 e. The summed E-state index contributed by atoms with van der Waals surface area (Å²) in [6.07, 6.45) is 3.91. The molecule has 0 bridgehead atoms. The van der Waals surface area contributed by atoms with Gasteiger partial charge >= 0.3 is 5.97 Å². The van der Waals surface area contributed by atoms with Crippen LogP contribution in [0.3, 0.4) is 0 Å². The Morgan fingerprint density at radius 2 is 1.91 bits per heavy atom. The number of carbonyl (C=O) groups is 3. The predicted molar refractivity (Wildman–Crippen MR) is 126 cm³/mol. The maximum absolute atomic E-state index is 16.2. The van der Waals surface area contributed by atoms with Crippen LogP contribution in [0.1, 0.15) is 66.2 Å². The molecule has 0 aliphatic heterocycles. The summed E-state index contributed by atoms with van der Waals surface area (Å²) in [6, 6.07) is 0. The number of halogens is 3. The van der Waals surface area contributed by atoms with Gasteiger partial charge in [-0.05, 0) is 66.6 Å². The van der Waals surface area contributed by atoms with E-state index in [2.05, 4.69) is 0 Å². The molecule has 4 aliphatic rings. The van der Waals surface area contributed by atoms with Crippen LogP contribution in [0.15, 0.2) is 23.8 Å². The molecule has 0 radical (unpaired) electrons. The Labute approximate surface area is 205 Å². The van der Waals surface area contributed by atoms with E-state index in [9.17, 15) is 14.4 Å². The Balaban J connectivity index is 1.63. The van der Waals surface area contributed by atoms with Crippen LogP contribution in [0.25, 0.3) is 0 Å². The second kappa shape index (κ2) is 8.83. The van der Waals surface area contributed by atoms with Crippen LogP contribution in [0.5, 0.6) is 0 Å². The molecule has 9 unspecified atom stereocenters. The lowest BCUT2D eigenvalue weighted by Gasteiger charge is -2.63. The van der Waals surface area contributed by atoms with Crippen molar-refractivity contribution < 1.29 is 27.9 Å². The quantitative estimate of drug-likeness (QED) is 0.349. The molecule has 4 rings (SSSR count). The lowest BCUT2D eigenvalue weighted by Crippen LogP contribution is -2.66. The smallest absolute Gasteiger partial charge is 0.306 e. The Morgan fingerprint density at radius 3 is 2.59 bits per heavy atom. The van der Waals surface area contributed by atoms with E-state index in [1.165, 1.54) is 12.2 Å². The van der Waals surface area contributed by atoms with Crippen LogP contribution in [0.2, 0.25) is 0 Å². The summed E-state index contributed by atoms with van der Waals surface area (Å²) in [5.74, 6) is -2.09. The van der Waals surface area contributed by atoms with E-state index in [4.69, 9.17) is 16.3 Å². The van der Waals surface area contributed by atoms with Crippen molar-refractivity contribution in [2.75, 3.05) is 6.61 Å². The normalized spacial score (nSPS) is 45.1. The molecule has 0 spiro atoms. The fourth-order valence-corrected chi connectivity index (χ4v) is 8.32. The van der Waals surface area contributed by atoms with Gasteiger partial charge in [0.1, 0.15) is 19.0 Å². The molecule has 3 fully saturated rings. The monoisotopic (exact) mass is 496 g/mol. The fourth-order valence-electron chi connectivity index (χ4n) is 7.83. The van der Waals surface area contributed by atoms with E-state index in [1.807, 2.05) is 20.8 Å². The molecule has 0 N–H and O–H groups in total. The molecule has 0 aromatic carbocycles. The van der Waals surface area contributed by atoms with Crippen LogP contribution in [-0.4, -0.2) is 41.4 Å². The first-order valence-electron chi connectivity index (χ1n) is 12.5. The first kappa shape index (κ1) is 25.5. The second-order valence-electron chi connectivity index (χ2n) is 11.3. The number of allylic oxidation sites excluding steroid dienone is 4. The van der Waals surface area contributed by atoms with Crippen molar-refractivity contribution in [2.45, 2.75) is 83.4 Å². The van der Waals surface area contributed by atoms with E-state index in [0.717, 1.165) is 6.42 Å². The summed E-state index contributed by atoms with van der Waals surface area (Å²) in [6.45, 7) is 7.29. The number of ether oxygens (including phenoxy) is 1. The highest BCUT2D eigenvalue weighted by atomic mass is 35.5. The van der Waals surface area contributed by atoms with Crippen molar-refractivity contribution in [3.05, 3.63) is 23.8 Å². The van der Waals surface area contributed by atoms with Gasteiger partial charge in [0, 0.05) is 17.8 Å². The van der Waals surface area contributed by atoms with Crippen LogP contribution in [-0.2, 0) is 19.1 Å². The molecule has 0 amide bonds. The molecule has 7 heteroatoms. The maximum Gasteiger partial charge on any atom is 0.306 e. The molecular weight excluding hydrogens is 462 g/mol. The van der Waals surface area contributed by atoms with Crippen molar-refractivity contribution >= 4 is 29.1 Å². The molecule has 3 saturated carbocycles. The Kier molecular flexibility index (Phi) is 6.63. The van der Waals surface area contributed by atoms with Gasteiger partial charge in [0.05, 0.1) is 4.87 Å². The number of rotatable bonds is 6. The summed E-state index contributed by atoms with van der Waals surface area (Å²) >= 11 is 7.21. The van der Waals surface area contributed by atoms with Gasteiger partial charge in [0.2, 0.25) is 0 Å². The van der Waals surface area contributed by atoms with E-state index in [1.54, 1.807) is 13.0 Å². The molecular formula is C27H35ClF2O4. The highest BCUT2D eigenvalue weighted by Gasteiger charge is 2.72. The van der Waals surface area contributed by atoms with Crippen molar-refractivity contribution in [1.82, 2.24) is 0 Å². The van der Waals surface area contributed by atoms with Crippen LogP contribution < -0.4 is 0 Å². The summed E-state index contributed by atoms with van der Waals surface area (Å²) in [5, 5.41) is 0. The number of unbranched alkanes of at least 4 members (excludes halogenated alkanes) is 1. The van der Waals surface area contributed by atoms with Crippen molar-refractivity contribution in [3.8, 4) is 0 Å². The van der Waals surface area contributed by atoms with Crippen molar-refractivity contribution in [2.24, 2.45) is 34.5 Å². The molecule has 4 nitrogen and oxygen atoms in total. The zero-order chi connectivity index (χ0) is 25.1. The highest BCUT2D eigenvalue weighted by molar-refractivity contribution is 6.26. The van der Waals surface area contributed by atoms with Gasteiger partial charge in [-0.15, -0.1) is 11.6 Å². The molecule has 0 aromatic rings. The van der Waals surface area contributed by atoms with Gasteiger partial charge in [0.15, 0.2) is 11.6 Å². The third kappa shape index (κ3) is 3.61. The number of hydrogen-bond acceptors (Lipinski definition) is 4. The zero-order valence-electron chi connectivity index (χ0n) is 20.4. The maximum atomic E-state index is 16.2. The third-order valence-corrected chi connectivity index (χ3v) is 10.3. The third-order valence-electron chi connectivity index (χ3n) is 9.38. The minimum absolute atomic E-state index is 0.0341. The summed E-state index contributed by atoms with van der Waals surface area (Å²) in [7, 11) is 0. The molecule has 0 aromatic heterocycles. The van der Waals surface area contributed by atoms with Crippen LogP contribution in [0, 0.1) is 34.5 Å². The van der Waals surface area contributed by atoms with Crippen molar-refractivity contribution in [1.29, 1.82) is 0 Å². The zero-order valence-corrected chi connectivity index (χ0v) is 21.2. The molecule has 188 valence electrons. The Hall–Kier alpha value is -1.56. The Morgan fingerprint density at radius 1 is 1.21 bits per heavy atom. The van der Waals surface area contributed by atoms with E-state index < -0.39 is 45.9 Å². The van der Waals surface area contributed by atoms with Crippen LogP contribution >= 0.6 is 11.6 Å². The first-order chi connectivity index (χ1) is 15.9. The number of Topliss-reactive ketones (excluding diaryl/α,β-unsaturated/α-hetero) is 1. The van der Waals surface area contributed by atoms with Gasteiger partial charge in [-0.2, -0.15) is 0 Å². The number of hydrogen-bond donors (Lipinski definition) is 0. The average Bonchev–Trinajstić information content (AvgIpc) is 3.03. The predicted octanol–water partition coefficient (Wildman–Crippen LogP) is 5.72. The minimum atomic E-state index is -1.49. The average molecular weight is 497 g/mol. The molecule has 4 aliphatic carbocycles. The van der Waals surface area contributed by atoms with Gasteiger partial charge < -0.3 is 4.74 Å². The van der Waals surface area contributed by atoms with Gasteiger partial charge in [-0.25, -0.2) is 8.78 Å². The number of carbonyl (C=O) groups excluding carboxylic acids is 3. The van der Waals surface area contributed by atoms with E-state index in [0.29, 0.717) is 12.8 Å². The second-order valence-corrected chi connectivity index (χ2v) is 11.9. The summed E-state index contributed by atoms with van der Waals surface area (Å²) in [5.41, 5.74) is -1.57. The first-order valence-corrected chi connectivity index (χ1v) is 12.9. The molecule has 0 heterocycles. The lowest BCUT2D eigenvalue weighted by molar-refractivity contribution is -0.152. The van der Waals surface area contributed by atoms with Gasteiger partial charge in [-0.1, -0.05) is 40.2 Å². The summed E-state index contributed by atoms with van der Waals surface area (Å²) < 4.78 is 37.0. The largest absolute Gasteiger partial charge is 0.458 e. The van der Waals surface area contributed by atoms with E-state index >= 15 is 8.78 Å². The number of fused-ring (bicyclic) bond motifs is 5. The molecule has 9 atom stereocenters. The van der Waals surface area contributed by atoms with Crippen molar-refractivity contribution in [3.63, 3.8) is 0 Å².